The fourth-order valence-electron chi connectivity index (χ4n) is 2.65. The number of methoxy groups -OCH3 is 1. The molecule has 0 saturated heterocycles. The summed E-state index contributed by atoms with van der Waals surface area (Å²) in [6.07, 6.45) is 3.74. The van der Waals surface area contributed by atoms with Crippen LogP contribution in [-0.4, -0.2) is 18.7 Å². The van der Waals surface area contributed by atoms with Gasteiger partial charge in [-0.05, 0) is 60.5 Å². The fourth-order valence-corrected chi connectivity index (χ4v) is 2.65. The van der Waals surface area contributed by atoms with Gasteiger partial charge in [-0.1, -0.05) is 48.5 Å². The lowest BCUT2D eigenvalue weighted by molar-refractivity contribution is 0.0955. The van der Waals surface area contributed by atoms with Gasteiger partial charge in [-0.2, -0.15) is 5.10 Å². The van der Waals surface area contributed by atoms with E-state index in [9.17, 15) is 4.79 Å². The molecule has 0 bridgehead atoms. The summed E-state index contributed by atoms with van der Waals surface area (Å²) in [4.78, 5) is 12.3. The predicted octanol–water partition coefficient (Wildman–Crippen LogP) is 5.09. The van der Waals surface area contributed by atoms with Crippen molar-refractivity contribution in [2.24, 2.45) is 5.10 Å². The highest BCUT2D eigenvalue weighted by Gasteiger charge is 2.05. The highest BCUT2D eigenvalue weighted by molar-refractivity contribution is 5.99. The number of amides is 1. The Morgan fingerprint density at radius 1 is 0.967 bits per heavy atom. The average molecular weight is 400 g/mol. The minimum atomic E-state index is -0.279. The highest BCUT2D eigenvalue weighted by atomic mass is 16.5. The summed E-state index contributed by atoms with van der Waals surface area (Å²) in [5.41, 5.74) is 5.83. The third-order valence-electron chi connectivity index (χ3n) is 4.31. The first-order valence-electron chi connectivity index (χ1n) is 9.57. The van der Waals surface area contributed by atoms with Gasteiger partial charge in [0.1, 0.15) is 18.1 Å². The van der Waals surface area contributed by atoms with Gasteiger partial charge in [-0.3, -0.25) is 4.79 Å². The number of rotatable bonds is 8. The average Bonchev–Trinajstić information content (AvgIpc) is 2.81. The third-order valence-corrected chi connectivity index (χ3v) is 4.31. The van der Waals surface area contributed by atoms with Crippen LogP contribution < -0.4 is 14.9 Å². The quantitative estimate of drug-likeness (QED) is 0.423. The molecule has 3 aromatic carbocycles. The van der Waals surface area contributed by atoms with Crippen molar-refractivity contribution in [3.8, 4) is 11.5 Å². The van der Waals surface area contributed by atoms with Gasteiger partial charge in [0.05, 0.1) is 12.8 Å². The molecule has 1 amide bonds. The number of benzene rings is 3. The number of nitrogens with zero attached hydrogens (tertiary/aromatic N) is 1. The lowest BCUT2D eigenvalue weighted by Gasteiger charge is -2.07. The minimum Gasteiger partial charge on any atom is -0.497 e. The summed E-state index contributed by atoms with van der Waals surface area (Å²) >= 11 is 0. The molecule has 0 unspecified atom stereocenters. The molecule has 3 rings (SSSR count). The second-order valence-corrected chi connectivity index (χ2v) is 6.60. The summed E-state index contributed by atoms with van der Waals surface area (Å²) < 4.78 is 10.9. The fraction of sp³-hybridized carbons (Fsp3) is 0.120. The van der Waals surface area contributed by atoms with E-state index in [0.717, 1.165) is 16.9 Å². The van der Waals surface area contributed by atoms with Crippen LogP contribution in [0.4, 0.5) is 0 Å². The Bertz CT molecular complexity index is 1030. The minimum absolute atomic E-state index is 0.279. The van der Waals surface area contributed by atoms with Crippen LogP contribution >= 0.6 is 0 Å². The largest absolute Gasteiger partial charge is 0.497 e. The van der Waals surface area contributed by atoms with Crippen molar-refractivity contribution in [2.75, 3.05) is 7.11 Å². The Balaban J connectivity index is 1.52. The molecule has 5 nitrogen and oxygen atoms in total. The van der Waals surface area contributed by atoms with E-state index in [-0.39, 0.29) is 5.91 Å². The van der Waals surface area contributed by atoms with Gasteiger partial charge in [-0.15, -0.1) is 0 Å². The first kappa shape index (κ1) is 20.9. The first-order valence-corrected chi connectivity index (χ1v) is 9.57. The maximum atomic E-state index is 12.3. The van der Waals surface area contributed by atoms with Crippen LogP contribution in [0.1, 0.15) is 28.4 Å². The van der Waals surface area contributed by atoms with E-state index in [4.69, 9.17) is 9.47 Å². The van der Waals surface area contributed by atoms with E-state index in [1.54, 1.807) is 31.4 Å². The molecule has 0 heterocycles. The van der Waals surface area contributed by atoms with Crippen LogP contribution in [0.5, 0.6) is 11.5 Å². The molecule has 1 N–H and O–H groups in total. The van der Waals surface area contributed by atoms with Crippen molar-refractivity contribution in [3.05, 3.63) is 102 Å². The Kier molecular flexibility index (Phi) is 7.39. The van der Waals surface area contributed by atoms with E-state index in [0.29, 0.717) is 23.6 Å². The van der Waals surface area contributed by atoms with Crippen LogP contribution in [0.2, 0.25) is 0 Å². The van der Waals surface area contributed by atoms with Crippen LogP contribution in [0.25, 0.3) is 6.08 Å². The number of nitrogens with one attached hydrogen (secondary N) is 1. The van der Waals surface area contributed by atoms with Gasteiger partial charge in [0.2, 0.25) is 0 Å². The number of ether oxygens (including phenoxy) is 2. The van der Waals surface area contributed by atoms with E-state index >= 15 is 0 Å². The monoisotopic (exact) mass is 400 g/mol. The lowest BCUT2D eigenvalue weighted by atomic mass is 10.2. The zero-order valence-corrected chi connectivity index (χ0v) is 17.0. The molecule has 5 heteroatoms. The van der Waals surface area contributed by atoms with Crippen molar-refractivity contribution in [2.45, 2.75) is 13.5 Å². The Morgan fingerprint density at radius 2 is 1.73 bits per heavy atom. The molecule has 3 aromatic rings. The molecule has 0 radical (unpaired) electrons. The maximum absolute atomic E-state index is 12.3. The SMILES string of the molecule is COc1cccc(/C=C/C(C)=N\NC(=O)c2ccc(OCc3ccccc3)cc2)c1. The molecular formula is C25H24N2O3. The number of hydrazone groups is 1. The van der Waals surface area contributed by atoms with Gasteiger partial charge in [0.25, 0.3) is 5.91 Å². The van der Waals surface area contributed by atoms with Crippen LogP contribution in [0.3, 0.4) is 0 Å². The Morgan fingerprint density at radius 3 is 2.47 bits per heavy atom. The second-order valence-electron chi connectivity index (χ2n) is 6.60. The summed E-state index contributed by atoms with van der Waals surface area (Å²) in [5.74, 6) is 1.21. The first-order chi connectivity index (χ1) is 14.6. The second kappa shape index (κ2) is 10.6. The predicted molar refractivity (Wildman–Crippen MR) is 120 cm³/mol. The summed E-state index contributed by atoms with van der Waals surface area (Å²) in [7, 11) is 1.63. The topological polar surface area (TPSA) is 59.9 Å². The van der Waals surface area contributed by atoms with Gasteiger partial charge >= 0.3 is 0 Å². The van der Waals surface area contributed by atoms with E-state index in [2.05, 4.69) is 10.5 Å². The van der Waals surface area contributed by atoms with Crippen LogP contribution in [0, 0.1) is 0 Å². The number of carbonyl (C=O) groups is 1. The Labute approximate surface area is 176 Å². The third kappa shape index (κ3) is 6.34. The molecular weight excluding hydrogens is 376 g/mol. The van der Waals surface area contributed by atoms with Crippen molar-refractivity contribution in [1.29, 1.82) is 0 Å². The van der Waals surface area contributed by atoms with Crippen molar-refractivity contribution in [3.63, 3.8) is 0 Å². The number of hydrogen-bond acceptors (Lipinski definition) is 4. The summed E-state index contributed by atoms with van der Waals surface area (Å²) in [6, 6.07) is 24.6. The highest BCUT2D eigenvalue weighted by Crippen LogP contribution is 2.15. The summed E-state index contributed by atoms with van der Waals surface area (Å²) in [6.45, 7) is 2.30. The molecule has 0 atom stereocenters. The Hall–Kier alpha value is -3.86. The normalized spacial score (nSPS) is 11.3. The van der Waals surface area contributed by atoms with E-state index in [1.165, 1.54) is 0 Å². The molecule has 0 aliphatic rings. The van der Waals surface area contributed by atoms with Crippen molar-refractivity contribution < 1.29 is 14.3 Å². The zero-order chi connectivity index (χ0) is 21.2. The molecule has 0 saturated carbocycles. The molecule has 30 heavy (non-hydrogen) atoms. The van der Waals surface area contributed by atoms with E-state index in [1.807, 2.05) is 73.7 Å². The van der Waals surface area contributed by atoms with Gasteiger partial charge in [0, 0.05) is 5.56 Å². The molecule has 0 aromatic heterocycles. The van der Waals surface area contributed by atoms with Crippen LogP contribution in [0.15, 0.2) is 90.0 Å². The number of hydrogen-bond donors (Lipinski definition) is 1. The van der Waals surface area contributed by atoms with Crippen molar-refractivity contribution >= 4 is 17.7 Å². The summed E-state index contributed by atoms with van der Waals surface area (Å²) in [5, 5.41) is 4.12. The molecule has 0 spiro atoms. The van der Waals surface area contributed by atoms with Gasteiger partial charge in [-0.25, -0.2) is 5.43 Å². The van der Waals surface area contributed by atoms with E-state index < -0.39 is 0 Å². The van der Waals surface area contributed by atoms with Gasteiger partial charge < -0.3 is 9.47 Å². The smallest absolute Gasteiger partial charge is 0.271 e. The van der Waals surface area contributed by atoms with Crippen LogP contribution in [-0.2, 0) is 6.61 Å². The van der Waals surface area contributed by atoms with Gasteiger partial charge in [0.15, 0.2) is 0 Å². The zero-order valence-electron chi connectivity index (χ0n) is 17.0. The molecule has 0 aliphatic carbocycles. The molecule has 0 aliphatic heterocycles. The molecule has 0 fully saturated rings. The maximum Gasteiger partial charge on any atom is 0.271 e. The van der Waals surface area contributed by atoms with Crippen molar-refractivity contribution in [1.82, 2.24) is 5.43 Å². The number of carbonyl (C=O) groups excluding carboxylic acids is 1. The number of allylic oxidation sites excluding steroid dienone is 1. The lowest BCUT2D eigenvalue weighted by Crippen LogP contribution is -2.18. The molecule has 152 valence electrons. The standard InChI is InChI=1S/C25H24N2O3/c1-19(11-12-20-9-6-10-24(17-20)29-2)26-27-25(28)22-13-15-23(16-14-22)30-18-21-7-4-3-5-8-21/h3-17H,18H2,1-2H3,(H,27,28)/b12-11+,26-19-.